The van der Waals surface area contributed by atoms with E-state index in [1.165, 1.54) is 212 Å². The highest BCUT2D eigenvalue weighted by Gasteiger charge is 2.27. The molecule has 0 saturated heterocycles. The van der Waals surface area contributed by atoms with Crippen molar-refractivity contribution in [1.29, 1.82) is 0 Å². The molecule has 3 atom stereocenters. The predicted molar refractivity (Wildman–Crippen MR) is 247 cm³/mol. The van der Waals surface area contributed by atoms with Gasteiger partial charge in [-0.2, -0.15) is 0 Å². The van der Waals surface area contributed by atoms with Crippen molar-refractivity contribution < 1.29 is 47.8 Å². The number of hydrogen-bond donors (Lipinski definition) is 3. The summed E-state index contributed by atoms with van der Waals surface area (Å²) in [7, 11) is -4.58. The van der Waals surface area contributed by atoms with Gasteiger partial charge in [-0.25, -0.2) is 4.57 Å². The second-order valence-corrected chi connectivity index (χ2v) is 19.0. The SMILES string of the molecule is CCCCCCCCCCCCCCCCCCCCCCCCCCCCCCCCCCCCCCC(=O)OC[C@H](COP(=O)(O)OC[C@@H](O)CO)OC(=O)CCC. The van der Waals surface area contributed by atoms with Crippen molar-refractivity contribution in [2.24, 2.45) is 0 Å². The molecule has 3 N–H and O–H groups in total. The molecule has 358 valence electrons. The summed E-state index contributed by atoms with van der Waals surface area (Å²) in [6.07, 6.45) is 47.7. The van der Waals surface area contributed by atoms with Crippen LogP contribution in [0.1, 0.15) is 264 Å². The zero-order valence-corrected chi connectivity index (χ0v) is 40.1. The number of carbonyl (C=O) groups excluding carboxylic acids is 2. The van der Waals surface area contributed by atoms with Gasteiger partial charge < -0.3 is 24.6 Å². The number of ether oxygens (including phenoxy) is 2. The fourth-order valence-corrected chi connectivity index (χ4v) is 8.41. The molecule has 0 aliphatic heterocycles. The first-order chi connectivity index (χ1) is 29.2. The average molecular weight is 877 g/mol. The van der Waals surface area contributed by atoms with Crippen LogP contribution >= 0.6 is 7.82 Å². The van der Waals surface area contributed by atoms with E-state index in [9.17, 15) is 24.2 Å². The van der Waals surface area contributed by atoms with Gasteiger partial charge in [0.15, 0.2) is 6.10 Å². The van der Waals surface area contributed by atoms with Gasteiger partial charge in [0.25, 0.3) is 0 Å². The topological polar surface area (TPSA) is 149 Å². The molecule has 0 heterocycles. The van der Waals surface area contributed by atoms with Crippen LogP contribution in [0, 0.1) is 0 Å². The maximum Gasteiger partial charge on any atom is 0.472 e. The van der Waals surface area contributed by atoms with Crippen LogP contribution in [0.15, 0.2) is 0 Å². The first-order valence-corrected chi connectivity index (χ1v) is 27.0. The Kier molecular flexibility index (Phi) is 45.2. The standard InChI is InChI=1S/C49H97O10P/c1-3-5-6-7-8-9-10-11-12-13-14-15-16-17-18-19-20-21-22-23-24-25-26-27-28-29-30-31-32-33-34-35-36-37-38-39-41-48(52)56-44-47(59-49(53)40-4-2)45-58-60(54,55)57-43-46(51)42-50/h46-47,50-51H,3-45H2,1-2H3,(H,54,55)/t46-,47+/m0/s1. The summed E-state index contributed by atoms with van der Waals surface area (Å²) in [5, 5.41) is 18.1. The number of aliphatic hydroxyl groups is 2. The number of rotatable bonds is 49. The van der Waals surface area contributed by atoms with Gasteiger partial charge in [-0.3, -0.25) is 18.6 Å². The minimum atomic E-state index is -4.58. The summed E-state index contributed by atoms with van der Waals surface area (Å²) in [5.41, 5.74) is 0. The molecule has 0 aromatic rings. The molecule has 0 aromatic heterocycles. The third kappa shape index (κ3) is 45.0. The summed E-state index contributed by atoms with van der Waals surface area (Å²) in [6.45, 7) is 2.00. The summed E-state index contributed by atoms with van der Waals surface area (Å²) in [6, 6.07) is 0. The molecule has 0 fully saturated rings. The normalized spacial score (nSPS) is 13.6. The van der Waals surface area contributed by atoms with E-state index in [1.807, 2.05) is 0 Å². The van der Waals surface area contributed by atoms with Crippen molar-refractivity contribution in [3.8, 4) is 0 Å². The molecular formula is C49H97O10P. The maximum atomic E-state index is 12.3. The quantitative estimate of drug-likeness (QED) is 0.0306. The third-order valence-electron chi connectivity index (χ3n) is 11.5. The highest BCUT2D eigenvalue weighted by atomic mass is 31.2. The Morgan fingerprint density at radius 2 is 0.750 bits per heavy atom. The van der Waals surface area contributed by atoms with Gasteiger partial charge in [0, 0.05) is 12.8 Å². The molecular weight excluding hydrogens is 780 g/mol. The van der Waals surface area contributed by atoms with E-state index in [0.717, 1.165) is 12.8 Å². The molecule has 10 nitrogen and oxygen atoms in total. The number of hydrogen-bond acceptors (Lipinski definition) is 9. The van der Waals surface area contributed by atoms with Crippen molar-refractivity contribution in [2.45, 2.75) is 276 Å². The van der Waals surface area contributed by atoms with E-state index in [-0.39, 0.29) is 19.4 Å². The third-order valence-corrected chi connectivity index (χ3v) is 12.4. The van der Waals surface area contributed by atoms with E-state index in [1.54, 1.807) is 6.92 Å². The van der Waals surface area contributed by atoms with Crippen molar-refractivity contribution in [3.05, 3.63) is 0 Å². The van der Waals surface area contributed by atoms with Crippen molar-refractivity contribution in [3.63, 3.8) is 0 Å². The molecule has 0 saturated carbocycles. The van der Waals surface area contributed by atoms with Crippen molar-refractivity contribution in [2.75, 3.05) is 26.4 Å². The second kappa shape index (κ2) is 46.0. The molecule has 0 spiro atoms. The summed E-state index contributed by atoms with van der Waals surface area (Å²) in [5.74, 6) is -0.972. The smallest absolute Gasteiger partial charge is 0.462 e. The van der Waals surface area contributed by atoms with E-state index >= 15 is 0 Å². The lowest BCUT2D eigenvalue weighted by atomic mass is 10.0. The maximum absolute atomic E-state index is 12.3. The van der Waals surface area contributed by atoms with Gasteiger partial charge in [0.2, 0.25) is 0 Å². The van der Waals surface area contributed by atoms with E-state index in [4.69, 9.17) is 19.1 Å². The van der Waals surface area contributed by atoms with Crippen molar-refractivity contribution in [1.82, 2.24) is 0 Å². The fraction of sp³-hybridized carbons (Fsp3) is 0.959. The molecule has 11 heteroatoms. The van der Waals surface area contributed by atoms with Gasteiger partial charge in [-0.05, 0) is 12.8 Å². The van der Waals surface area contributed by atoms with Gasteiger partial charge in [-0.15, -0.1) is 0 Å². The second-order valence-electron chi connectivity index (χ2n) is 17.6. The zero-order valence-electron chi connectivity index (χ0n) is 39.2. The fourth-order valence-electron chi connectivity index (χ4n) is 7.62. The molecule has 0 amide bonds. The average Bonchev–Trinajstić information content (AvgIpc) is 3.23. The van der Waals surface area contributed by atoms with Gasteiger partial charge in [0.05, 0.1) is 19.8 Å². The van der Waals surface area contributed by atoms with Gasteiger partial charge >= 0.3 is 19.8 Å². The Hall–Kier alpha value is -1.03. The number of unbranched alkanes of at least 4 members (excludes halogenated alkanes) is 35. The number of esters is 2. The van der Waals surface area contributed by atoms with Crippen LogP contribution in [0.25, 0.3) is 0 Å². The van der Waals surface area contributed by atoms with E-state index in [0.29, 0.717) is 12.8 Å². The van der Waals surface area contributed by atoms with Crippen LogP contribution in [0.3, 0.4) is 0 Å². The lowest BCUT2D eigenvalue weighted by Gasteiger charge is -2.20. The van der Waals surface area contributed by atoms with E-state index in [2.05, 4.69) is 11.4 Å². The Balaban J connectivity index is 3.49. The molecule has 60 heavy (non-hydrogen) atoms. The van der Waals surface area contributed by atoms with Crippen LogP contribution < -0.4 is 0 Å². The first kappa shape index (κ1) is 59.0. The Bertz CT molecular complexity index is 966. The lowest BCUT2D eigenvalue weighted by Crippen LogP contribution is -2.29. The summed E-state index contributed by atoms with van der Waals surface area (Å²) in [4.78, 5) is 34.0. The minimum absolute atomic E-state index is 0.139. The largest absolute Gasteiger partial charge is 0.472 e. The monoisotopic (exact) mass is 877 g/mol. The number of phosphoric ester groups is 1. The lowest BCUT2D eigenvalue weighted by molar-refractivity contribution is -0.161. The number of aliphatic hydroxyl groups excluding tert-OH is 2. The summed E-state index contributed by atoms with van der Waals surface area (Å²) >= 11 is 0. The van der Waals surface area contributed by atoms with Crippen molar-refractivity contribution >= 4 is 19.8 Å². The first-order valence-electron chi connectivity index (χ1n) is 25.5. The number of carbonyl (C=O) groups is 2. The van der Waals surface area contributed by atoms with Gasteiger partial charge in [-0.1, -0.05) is 239 Å². The molecule has 0 radical (unpaired) electrons. The molecule has 0 rings (SSSR count). The molecule has 0 aliphatic rings. The summed E-state index contributed by atoms with van der Waals surface area (Å²) < 4.78 is 32.0. The zero-order chi connectivity index (χ0) is 44.0. The molecule has 0 bridgehead atoms. The Morgan fingerprint density at radius 3 is 1.07 bits per heavy atom. The Labute approximate surface area is 369 Å². The molecule has 0 aliphatic carbocycles. The van der Waals surface area contributed by atoms with Gasteiger partial charge in [0.1, 0.15) is 12.7 Å². The predicted octanol–water partition coefficient (Wildman–Crippen LogP) is 14.2. The Morgan fingerprint density at radius 1 is 0.433 bits per heavy atom. The van der Waals surface area contributed by atoms with Crippen LogP contribution in [0.4, 0.5) is 0 Å². The van der Waals surface area contributed by atoms with E-state index < -0.39 is 51.8 Å². The molecule has 1 unspecified atom stereocenters. The minimum Gasteiger partial charge on any atom is -0.462 e. The highest BCUT2D eigenvalue weighted by Crippen LogP contribution is 2.43. The van der Waals surface area contributed by atoms with Crippen LogP contribution in [-0.2, 0) is 32.7 Å². The number of phosphoric acid groups is 1. The molecule has 0 aromatic carbocycles. The van der Waals surface area contributed by atoms with Crippen LogP contribution in [0.2, 0.25) is 0 Å². The highest BCUT2D eigenvalue weighted by molar-refractivity contribution is 7.47. The van der Waals surface area contributed by atoms with Crippen LogP contribution in [-0.4, -0.2) is 65.7 Å². The van der Waals surface area contributed by atoms with Crippen LogP contribution in [0.5, 0.6) is 0 Å².